The summed E-state index contributed by atoms with van der Waals surface area (Å²) < 4.78 is 12.6. The molecule has 1 aromatic heterocycles. The van der Waals surface area contributed by atoms with E-state index in [1.54, 1.807) is 0 Å². The maximum atomic E-state index is 6.30. The Morgan fingerprint density at radius 1 is 0.407 bits per heavy atom. The van der Waals surface area contributed by atoms with E-state index in [-0.39, 0.29) is 0 Å². The highest BCUT2D eigenvalue weighted by atomic mass is 16.5. The van der Waals surface area contributed by atoms with Crippen LogP contribution >= 0.6 is 0 Å². The SMILES string of the molecule is Cc1cc(N2c3ccccc3Oc3ccccc32)cc(C)c1-c1cnc(-c2c(C)cc(N3c4ccccc4Oc4ccccc43)cc2C)c2ccccc12. The summed E-state index contributed by atoms with van der Waals surface area (Å²) in [4.78, 5) is 9.89. The van der Waals surface area contributed by atoms with E-state index in [0.717, 1.165) is 79.3 Å². The van der Waals surface area contributed by atoms with E-state index < -0.39 is 0 Å². The van der Waals surface area contributed by atoms with Crippen molar-refractivity contribution in [3.8, 4) is 45.4 Å². The van der Waals surface area contributed by atoms with Crippen molar-refractivity contribution in [3.63, 3.8) is 0 Å². The van der Waals surface area contributed by atoms with Gasteiger partial charge in [-0.15, -0.1) is 0 Å². The van der Waals surface area contributed by atoms with E-state index in [1.807, 2.05) is 48.5 Å². The molecule has 5 heteroatoms. The third-order valence-electron chi connectivity index (χ3n) is 10.7. The lowest BCUT2D eigenvalue weighted by Crippen LogP contribution is -2.16. The minimum atomic E-state index is 0.844. The number of anilines is 6. The van der Waals surface area contributed by atoms with Gasteiger partial charge in [0.05, 0.1) is 28.4 Å². The number of nitrogens with zero attached hydrogens (tertiary/aromatic N) is 3. The standard InChI is InChI=1S/C49H37N3O2/c1-30-25-34(51-39-17-7-11-21-43(39)53-44-22-12-8-18-40(44)51)26-31(2)47(30)38-29-50-49(37-16-6-5-15-36(37)38)48-32(3)27-35(28-33(48)4)52-41-19-9-13-23-45(41)54-46-24-14-10-20-42(46)52/h5-29H,1-4H3. The largest absolute Gasteiger partial charge is 0.453 e. The minimum Gasteiger partial charge on any atom is -0.453 e. The number of aromatic nitrogens is 1. The Bertz CT molecular complexity index is 2480. The van der Waals surface area contributed by atoms with Crippen LogP contribution in [0, 0.1) is 27.7 Å². The van der Waals surface area contributed by atoms with E-state index in [1.165, 1.54) is 33.2 Å². The molecule has 8 aromatic rings. The number of rotatable bonds is 4. The lowest BCUT2D eigenvalue weighted by molar-refractivity contribution is 0.476. The molecular weight excluding hydrogens is 663 g/mol. The lowest BCUT2D eigenvalue weighted by Gasteiger charge is -2.33. The molecule has 2 aliphatic heterocycles. The van der Waals surface area contributed by atoms with Crippen LogP contribution in [0.15, 0.2) is 152 Å². The summed E-state index contributed by atoms with van der Waals surface area (Å²) >= 11 is 0. The van der Waals surface area contributed by atoms with Crippen LogP contribution in [0.4, 0.5) is 34.1 Å². The molecule has 0 fully saturated rings. The second kappa shape index (κ2) is 12.4. The highest BCUT2D eigenvalue weighted by Crippen LogP contribution is 2.53. The summed E-state index contributed by atoms with van der Waals surface area (Å²) in [5, 5.41) is 2.32. The molecule has 3 heterocycles. The van der Waals surface area contributed by atoms with Gasteiger partial charge in [0.1, 0.15) is 0 Å². The topological polar surface area (TPSA) is 37.8 Å². The molecule has 0 radical (unpaired) electrons. The average molecular weight is 700 g/mol. The van der Waals surface area contributed by atoms with E-state index >= 15 is 0 Å². The van der Waals surface area contributed by atoms with Crippen molar-refractivity contribution in [1.82, 2.24) is 4.98 Å². The molecule has 5 nitrogen and oxygen atoms in total. The number of ether oxygens (including phenoxy) is 2. The zero-order chi connectivity index (χ0) is 36.5. The molecule has 0 spiro atoms. The first-order valence-corrected chi connectivity index (χ1v) is 18.4. The van der Waals surface area contributed by atoms with Crippen LogP contribution in [0.5, 0.6) is 23.0 Å². The van der Waals surface area contributed by atoms with Crippen LogP contribution in [-0.2, 0) is 0 Å². The Balaban J connectivity index is 1.08. The van der Waals surface area contributed by atoms with Crippen LogP contribution in [-0.4, -0.2) is 4.98 Å². The molecule has 0 bridgehead atoms. The third kappa shape index (κ3) is 4.96. The number of fused-ring (bicyclic) bond motifs is 5. The second-order valence-electron chi connectivity index (χ2n) is 14.2. The van der Waals surface area contributed by atoms with Gasteiger partial charge in [-0.05, 0) is 134 Å². The van der Waals surface area contributed by atoms with Gasteiger partial charge in [-0.3, -0.25) is 4.98 Å². The Morgan fingerprint density at radius 3 is 1.19 bits per heavy atom. The zero-order valence-corrected chi connectivity index (χ0v) is 30.6. The van der Waals surface area contributed by atoms with Crippen molar-refractivity contribution in [2.45, 2.75) is 27.7 Å². The highest BCUT2D eigenvalue weighted by Gasteiger charge is 2.28. The molecule has 0 aliphatic carbocycles. The molecule has 0 unspecified atom stereocenters. The van der Waals surface area contributed by atoms with Crippen molar-refractivity contribution in [2.75, 3.05) is 9.80 Å². The van der Waals surface area contributed by atoms with E-state index in [2.05, 4.69) is 141 Å². The Labute approximate surface area is 315 Å². The maximum absolute atomic E-state index is 6.30. The number of benzene rings is 7. The molecular formula is C49H37N3O2. The predicted molar refractivity (Wildman–Crippen MR) is 221 cm³/mol. The van der Waals surface area contributed by atoms with Crippen molar-refractivity contribution in [3.05, 3.63) is 174 Å². The van der Waals surface area contributed by atoms with Crippen molar-refractivity contribution >= 4 is 44.9 Å². The van der Waals surface area contributed by atoms with Crippen molar-refractivity contribution in [2.24, 2.45) is 0 Å². The molecule has 54 heavy (non-hydrogen) atoms. The zero-order valence-electron chi connectivity index (χ0n) is 30.6. The van der Waals surface area contributed by atoms with Gasteiger partial charge in [0.15, 0.2) is 23.0 Å². The molecule has 7 aromatic carbocycles. The quantitative estimate of drug-likeness (QED) is 0.183. The summed E-state index contributed by atoms with van der Waals surface area (Å²) in [5.41, 5.74) is 15.5. The Hall–Kier alpha value is -6.85. The van der Waals surface area contributed by atoms with E-state index in [0.29, 0.717) is 0 Å². The summed E-state index contributed by atoms with van der Waals surface area (Å²) in [7, 11) is 0. The average Bonchev–Trinajstić information content (AvgIpc) is 3.19. The molecule has 0 saturated carbocycles. The summed E-state index contributed by atoms with van der Waals surface area (Å²) in [6, 6.07) is 50.8. The predicted octanol–water partition coefficient (Wildman–Crippen LogP) is 14.0. The van der Waals surface area contributed by atoms with Gasteiger partial charge in [0.25, 0.3) is 0 Å². The van der Waals surface area contributed by atoms with Gasteiger partial charge in [-0.1, -0.05) is 72.8 Å². The molecule has 10 rings (SSSR count). The van der Waals surface area contributed by atoms with E-state index in [9.17, 15) is 0 Å². The first kappa shape index (κ1) is 31.9. The van der Waals surface area contributed by atoms with Crippen LogP contribution in [0.1, 0.15) is 22.3 Å². The van der Waals surface area contributed by atoms with Gasteiger partial charge in [-0.25, -0.2) is 0 Å². The molecule has 0 saturated heterocycles. The highest BCUT2D eigenvalue weighted by molar-refractivity contribution is 6.05. The van der Waals surface area contributed by atoms with Gasteiger partial charge in [-0.2, -0.15) is 0 Å². The number of hydrogen-bond acceptors (Lipinski definition) is 5. The maximum Gasteiger partial charge on any atom is 0.151 e. The Morgan fingerprint density at radius 2 is 0.759 bits per heavy atom. The summed E-state index contributed by atoms with van der Waals surface area (Å²) in [5.74, 6) is 3.38. The monoisotopic (exact) mass is 699 g/mol. The van der Waals surface area contributed by atoms with Crippen LogP contribution in [0.3, 0.4) is 0 Å². The van der Waals surface area contributed by atoms with Gasteiger partial charge in [0, 0.05) is 34.1 Å². The lowest BCUT2D eigenvalue weighted by atomic mass is 9.89. The van der Waals surface area contributed by atoms with Gasteiger partial charge in [0.2, 0.25) is 0 Å². The molecule has 0 amide bonds. The van der Waals surface area contributed by atoms with Crippen molar-refractivity contribution < 1.29 is 9.47 Å². The fourth-order valence-corrected chi connectivity index (χ4v) is 8.49. The molecule has 260 valence electrons. The first-order valence-electron chi connectivity index (χ1n) is 18.4. The number of aryl methyl sites for hydroxylation is 4. The fourth-order valence-electron chi connectivity index (χ4n) is 8.49. The Kier molecular flexibility index (Phi) is 7.31. The smallest absolute Gasteiger partial charge is 0.151 e. The van der Waals surface area contributed by atoms with Crippen LogP contribution in [0.25, 0.3) is 33.2 Å². The summed E-state index contributed by atoms with van der Waals surface area (Å²) in [6.07, 6.45) is 2.08. The van der Waals surface area contributed by atoms with Gasteiger partial charge < -0.3 is 19.3 Å². The van der Waals surface area contributed by atoms with E-state index in [4.69, 9.17) is 14.5 Å². The third-order valence-corrected chi connectivity index (χ3v) is 10.7. The molecule has 0 atom stereocenters. The summed E-state index contributed by atoms with van der Waals surface area (Å²) in [6.45, 7) is 8.82. The number of pyridine rings is 1. The molecule has 0 N–H and O–H groups in total. The molecule has 2 aliphatic rings. The normalized spacial score (nSPS) is 12.7. The van der Waals surface area contributed by atoms with Gasteiger partial charge >= 0.3 is 0 Å². The minimum absolute atomic E-state index is 0.844. The second-order valence-corrected chi connectivity index (χ2v) is 14.2. The van der Waals surface area contributed by atoms with Crippen LogP contribution in [0.2, 0.25) is 0 Å². The number of para-hydroxylation sites is 8. The first-order chi connectivity index (χ1) is 26.4. The van der Waals surface area contributed by atoms with Crippen molar-refractivity contribution in [1.29, 1.82) is 0 Å². The fraction of sp³-hybridized carbons (Fsp3) is 0.0816. The van der Waals surface area contributed by atoms with Crippen LogP contribution < -0.4 is 19.3 Å². The number of hydrogen-bond donors (Lipinski definition) is 0.